The Labute approximate surface area is 168 Å². The molecule has 2 aromatic carbocycles. The van der Waals surface area contributed by atoms with Gasteiger partial charge in [-0.05, 0) is 56.2 Å². The van der Waals surface area contributed by atoms with Crippen molar-refractivity contribution in [2.45, 2.75) is 20.8 Å². The minimum atomic E-state index is -0.374. The van der Waals surface area contributed by atoms with Gasteiger partial charge in [0.1, 0.15) is 0 Å². The van der Waals surface area contributed by atoms with E-state index in [1.165, 1.54) is 5.56 Å². The maximum absolute atomic E-state index is 12.4. The second-order valence-corrected chi connectivity index (χ2v) is 7.55. The molecule has 0 fully saturated rings. The van der Waals surface area contributed by atoms with Gasteiger partial charge in [0.05, 0.1) is 28.9 Å². The number of hydrogen-bond acceptors (Lipinski definition) is 6. The van der Waals surface area contributed by atoms with E-state index in [4.69, 9.17) is 9.72 Å². The number of fused-ring (bicyclic) bond motifs is 1. The average molecular weight is 398 g/mol. The van der Waals surface area contributed by atoms with Gasteiger partial charge in [-0.3, -0.25) is 4.79 Å². The van der Waals surface area contributed by atoms with Crippen LogP contribution in [0.3, 0.4) is 0 Å². The van der Waals surface area contributed by atoms with Crippen molar-refractivity contribution in [3.63, 3.8) is 0 Å². The second kappa shape index (κ2) is 8.39. The topological polar surface area (TPSA) is 71.5 Å². The number of hydrogen-bond donors (Lipinski definition) is 1. The number of carbonyl (C=O) groups excluding carboxylic acids is 2. The fraction of sp³-hybridized carbons (Fsp3) is 0.286. The number of amides is 1. The third-order valence-electron chi connectivity index (χ3n) is 4.32. The SMILES string of the molecule is CCOC(=O)c1ccc(NC(=O)CN(C)c2nc3c(C)ccc(C)c3s2)cc1. The van der Waals surface area contributed by atoms with Crippen LogP contribution in [0.25, 0.3) is 10.2 Å². The minimum Gasteiger partial charge on any atom is -0.462 e. The maximum atomic E-state index is 12.4. The van der Waals surface area contributed by atoms with Crippen molar-refractivity contribution in [3.8, 4) is 0 Å². The summed E-state index contributed by atoms with van der Waals surface area (Å²) in [5.41, 5.74) is 4.38. The van der Waals surface area contributed by atoms with E-state index in [2.05, 4.69) is 24.4 Å². The lowest BCUT2D eigenvalue weighted by molar-refractivity contribution is -0.114. The highest BCUT2D eigenvalue weighted by atomic mass is 32.1. The van der Waals surface area contributed by atoms with E-state index in [0.717, 1.165) is 20.9 Å². The van der Waals surface area contributed by atoms with E-state index in [9.17, 15) is 9.59 Å². The number of nitrogens with one attached hydrogen (secondary N) is 1. The highest BCUT2D eigenvalue weighted by molar-refractivity contribution is 7.22. The number of carbonyl (C=O) groups is 2. The summed E-state index contributed by atoms with van der Waals surface area (Å²) in [6.45, 7) is 6.37. The van der Waals surface area contributed by atoms with Crippen LogP contribution in [0, 0.1) is 13.8 Å². The van der Waals surface area contributed by atoms with Crippen LogP contribution in [0.4, 0.5) is 10.8 Å². The van der Waals surface area contributed by atoms with Gasteiger partial charge < -0.3 is 15.0 Å². The molecule has 0 atom stereocenters. The number of esters is 1. The zero-order chi connectivity index (χ0) is 20.3. The largest absolute Gasteiger partial charge is 0.462 e. The van der Waals surface area contributed by atoms with E-state index in [-0.39, 0.29) is 18.4 Å². The molecule has 146 valence electrons. The van der Waals surface area contributed by atoms with E-state index in [1.807, 2.05) is 18.9 Å². The molecular weight excluding hydrogens is 374 g/mol. The molecule has 7 heteroatoms. The van der Waals surface area contributed by atoms with Crippen molar-refractivity contribution in [2.75, 3.05) is 30.4 Å². The van der Waals surface area contributed by atoms with Crippen molar-refractivity contribution < 1.29 is 14.3 Å². The molecule has 6 nitrogen and oxygen atoms in total. The summed E-state index contributed by atoms with van der Waals surface area (Å²) in [7, 11) is 1.85. The summed E-state index contributed by atoms with van der Waals surface area (Å²) in [5, 5.41) is 3.65. The molecule has 0 radical (unpaired) electrons. The third kappa shape index (κ3) is 4.31. The van der Waals surface area contributed by atoms with Crippen LogP contribution in [-0.2, 0) is 9.53 Å². The van der Waals surface area contributed by atoms with Crippen molar-refractivity contribution in [2.24, 2.45) is 0 Å². The zero-order valence-corrected chi connectivity index (χ0v) is 17.2. The molecule has 0 unspecified atom stereocenters. The first kappa shape index (κ1) is 19.8. The average Bonchev–Trinajstić information content (AvgIpc) is 3.12. The standard InChI is InChI=1S/C21H23N3O3S/c1-5-27-20(26)15-8-10-16(11-9-15)22-17(25)12-24(4)21-23-18-13(2)6-7-14(3)19(18)28-21/h6-11H,5,12H2,1-4H3,(H,22,25). The Morgan fingerprint density at radius 3 is 2.43 bits per heavy atom. The van der Waals surface area contributed by atoms with E-state index in [1.54, 1.807) is 42.5 Å². The molecule has 3 aromatic rings. The lowest BCUT2D eigenvalue weighted by atomic mass is 10.1. The molecular formula is C21H23N3O3S. The van der Waals surface area contributed by atoms with Crippen molar-refractivity contribution in [1.82, 2.24) is 4.98 Å². The van der Waals surface area contributed by atoms with Crippen LogP contribution in [0.2, 0.25) is 0 Å². The molecule has 0 bridgehead atoms. The minimum absolute atomic E-state index is 0.154. The Bertz CT molecular complexity index is 973. The van der Waals surface area contributed by atoms with Gasteiger partial charge in [0.25, 0.3) is 0 Å². The molecule has 0 aliphatic carbocycles. The van der Waals surface area contributed by atoms with Crippen LogP contribution in [-0.4, -0.2) is 37.1 Å². The molecule has 3 rings (SSSR count). The highest BCUT2D eigenvalue weighted by Crippen LogP contribution is 2.32. The summed E-state index contributed by atoms with van der Waals surface area (Å²) in [4.78, 5) is 30.6. The molecule has 0 spiro atoms. The Hall–Kier alpha value is -2.93. The van der Waals surface area contributed by atoms with Crippen molar-refractivity contribution >= 4 is 44.2 Å². The monoisotopic (exact) mass is 397 g/mol. The van der Waals surface area contributed by atoms with Crippen molar-refractivity contribution in [3.05, 3.63) is 53.1 Å². The Morgan fingerprint density at radius 1 is 1.11 bits per heavy atom. The molecule has 1 aromatic heterocycles. The number of anilines is 2. The van der Waals surface area contributed by atoms with E-state index in [0.29, 0.717) is 17.9 Å². The fourth-order valence-electron chi connectivity index (χ4n) is 2.80. The molecule has 28 heavy (non-hydrogen) atoms. The van der Waals surface area contributed by atoms with Crippen LogP contribution >= 0.6 is 11.3 Å². The number of benzene rings is 2. The summed E-state index contributed by atoms with van der Waals surface area (Å²) >= 11 is 1.59. The lowest BCUT2D eigenvalue weighted by Crippen LogP contribution is -2.29. The zero-order valence-electron chi connectivity index (χ0n) is 16.4. The van der Waals surface area contributed by atoms with E-state index < -0.39 is 0 Å². The third-order valence-corrected chi connectivity index (χ3v) is 5.62. The normalized spacial score (nSPS) is 10.7. The first-order valence-electron chi connectivity index (χ1n) is 9.04. The van der Waals surface area contributed by atoms with Crippen LogP contribution in [0.15, 0.2) is 36.4 Å². The molecule has 1 amide bonds. The van der Waals surface area contributed by atoms with Crippen LogP contribution in [0.5, 0.6) is 0 Å². The van der Waals surface area contributed by atoms with Crippen molar-refractivity contribution in [1.29, 1.82) is 0 Å². The quantitative estimate of drug-likeness (QED) is 0.632. The van der Waals surface area contributed by atoms with Gasteiger partial charge in [0.2, 0.25) is 5.91 Å². The molecule has 1 N–H and O–H groups in total. The first-order chi connectivity index (χ1) is 13.4. The second-order valence-electron chi connectivity index (χ2n) is 6.58. The summed E-state index contributed by atoms with van der Waals surface area (Å²) in [5.74, 6) is -0.527. The van der Waals surface area contributed by atoms with Gasteiger partial charge in [0, 0.05) is 12.7 Å². The van der Waals surface area contributed by atoms with E-state index >= 15 is 0 Å². The van der Waals surface area contributed by atoms with Gasteiger partial charge in [-0.25, -0.2) is 9.78 Å². The molecule has 0 saturated heterocycles. The summed E-state index contributed by atoms with van der Waals surface area (Å²) in [6.07, 6.45) is 0. The predicted molar refractivity (Wildman–Crippen MR) is 113 cm³/mol. The Kier molecular flexibility index (Phi) is 5.94. The molecule has 0 aliphatic heterocycles. The Balaban J connectivity index is 1.65. The number of thiazole rings is 1. The van der Waals surface area contributed by atoms with Gasteiger partial charge in [0.15, 0.2) is 5.13 Å². The lowest BCUT2D eigenvalue weighted by Gasteiger charge is -2.15. The number of likely N-dealkylation sites (N-methyl/N-ethyl adjacent to an activating group) is 1. The summed E-state index contributed by atoms with van der Waals surface area (Å²) < 4.78 is 6.10. The number of aromatic nitrogens is 1. The number of rotatable bonds is 6. The molecule has 0 aliphatic rings. The van der Waals surface area contributed by atoms with Gasteiger partial charge in [-0.1, -0.05) is 23.5 Å². The number of ether oxygens (including phenoxy) is 1. The molecule has 1 heterocycles. The molecule has 0 saturated carbocycles. The first-order valence-corrected chi connectivity index (χ1v) is 9.85. The van der Waals surface area contributed by atoms with Gasteiger partial charge >= 0.3 is 5.97 Å². The fourth-order valence-corrected chi connectivity index (χ4v) is 3.87. The van der Waals surface area contributed by atoms with Crippen LogP contribution < -0.4 is 10.2 Å². The number of nitrogens with zero attached hydrogens (tertiary/aromatic N) is 2. The van der Waals surface area contributed by atoms with Gasteiger partial charge in [-0.2, -0.15) is 0 Å². The maximum Gasteiger partial charge on any atom is 0.338 e. The number of aryl methyl sites for hydroxylation is 2. The Morgan fingerprint density at radius 2 is 1.79 bits per heavy atom. The highest BCUT2D eigenvalue weighted by Gasteiger charge is 2.15. The van der Waals surface area contributed by atoms with Crippen LogP contribution in [0.1, 0.15) is 28.4 Å². The summed E-state index contributed by atoms with van der Waals surface area (Å²) in [6, 6.07) is 10.8. The smallest absolute Gasteiger partial charge is 0.338 e. The predicted octanol–water partition coefficient (Wildman–Crippen LogP) is 4.16. The van der Waals surface area contributed by atoms with Gasteiger partial charge in [-0.15, -0.1) is 0 Å².